The Hall–Kier alpha value is -1.52. The minimum atomic E-state index is -0.331. The molecule has 0 heterocycles. The maximum atomic E-state index is 13.8. The highest BCUT2D eigenvalue weighted by Gasteiger charge is 2.16. The molecular weight excluding hydrogens is 357 g/mol. The van der Waals surface area contributed by atoms with Gasteiger partial charge in [-0.3, -0.25) is 4.79 Å². The summed E-state index contributed by atoms with van der Waals surface area (Å²) in [6, 6.07) is 14.6. The first-order chi connectivity index (χ1) is 12.0. The maximum absolute atomic E-state index is 13.8. The number of carbonyl (C=O) groups excluding carboxylic acids is 1. The molecule has 1 N–H and O–H groups in total. The van der Waals surface area contributed by atoms with Crippen molar-refractivity contribution in [2.75, 3.05) is 5.75 Å². The van der Waals surface area contributed by atoms with Crippen LogP contribution in [0.15, 0.2) is 48.5 Å². The lowest BCUT2D eigenvalue weighted by Crippen LogP contribution is -2.30. The average molecular weight is 380 g/mol. The number of halogens is 2. The van der Waals surface area contributed by atoms with Gasteiger partial charge in [0.25, 0.3) is 0 Å². The Morgan fingerprint density at radius 3 is 2.56 bits per heavy atom. The van der Waals surface area contributed by atoms with Gasteiger partial charge in [-0.25, -0.2) is 4.39 Å². The Kier molecular flexibility index (Phi) is 7.79. The maximum Gasteiger partial charge on any atom is 0.230 e. The topological polar surface area (TPSA) is 29.1 Å². The van der Waals surface area contributed by atoms with Gasteiger partial charge in [0.1, 0.15) is 5.82 Å². The number of thioether (sulfide) groups is 1. The highest BCUT2D eigenvalue weighted by Crippen LogP contribution is 2.22. The normalized spacial score (nSPS) is 12.2. The lowest BCUT2D eigenvalue weighted by molar-refractivity contribution is -0.119. The smallest absolute Gasteiger partial charge is 0.230 e. The average Bonchev–Trinajstić information content (AvgIpc) is 2.56. The van der Waals surface area contributed by atoms with Crippen molar-refractivity contribution < 1.29 is 9.18 Å². The van der Waals surface area contributed by atoms with Gasteiger partial charge >= 0.3 is 0 Å². The number of rotatable bonds is 8. The largest absolute Gasteiger partial charge is 0.349 e. The molecular formula is C20H23ClFNOS. The summed E-state index contributed by atoms with van der Waals surface area (Å²) in [7, 11) is 0. The van der Waals surface area contributed by atoms with E-state index in [1.54, 1.807) is 12.1 Å². The molecule has 134 valence electrons. The van der Waals surface area contributed by atoms with E-state index >= 15 is 0 Å². The summed E-state index contributed by atoms with van der Waals surface area (Å²) in [6.07, 6.45) is 0.881. The zero-order valence-electron chi connectivity index (χ0n) is 14.5. The molecule has 1 atom stereocenters. The second-order valence-electron chi connectivity index (χ2n) is 6.39. The lowest BCUT2D eigenvalue weighted by Gasteiger charge is -2.21. The predicted octanol–water partition coefficient (Wildman–Crippen LogP) is 5.62. The lowest BCUT2D eigenvalue weighted by atomic mass is 9.97. The minimum Gasteiger partial charge on any atom is -0.349 e. The molecule has 0 aliphatic heterocycles. The van der Waals surface area contributed by atoms with Gasteiger partial charge in [-0.1, -0.05) is 61.8 Å². The summed E-state index contributed by atoms with van der Waals surface area (Å²) in [4.78, 5) is 12.3. The number of amides is 1. The second-order valence-corrected chi connectivity index (χ2v) is 7.81. The van der Waals surface area contributed by atoms with Crippen LogP contribution in [0.4, 0.5) is 4.39 Å². The van der Waals surface area contributed by atoms with Gasteiger partial charge < -0.3 is 5.32 Å². The van der Waals surface area contributed by atoms with Crippen LogP contribution >= 0.6 is 23.4 Å². The van der Waals surface area contributed by atoms with E-state index in [2.05, 4.69) is 19.2 Å². The molecule has 2 rings (SSSR count). The predicted molar refractivity (Wildman–Crippen MR) is 104 cm³/mol. The van der Waals surface area contributed by atoms with Crippen molar-refractivity contribution in [1.82, 2.24) is 5.32 Å². The van der Waals surface area contributed by atoms with E-state index in [0.29, 0.717) is 28.0 Å². The van der Waals surface area contributed by atoms with Crippen molar-refractivity contribution in [1.29, 1.82) is 0 Å². The first kappa shape index (κ1) is 19.8. The third-order valence-corrected chi connectivity index (χ3v) is 4.97. The number of nitrogens with one attached hydrogen (secondary N) is 1. The number of benzene rings is 2. The van der Waals surface area contributed by atoms with Crippen LogP contribution in [0.25, 0.3) is 0 Å². The minimum absolute atomic E-state index is 0.00145. The molecule has 25 heavy (non-hydrogen) atoms. The van der Waals surface area contributed by atoms with Gasteiger partial charge in [0.05, 0.1) is 11.8 Å². The van der Waals surface area contributed by atoms with E-state index in [1.807, 2.05) is 30.3 Å². The fraction of sp³-hybridized carbons (Fsp3) is 0.350. The molecule has 0 aromatic heterocycles. The van der Waals surface area contributed by atoms with Crippen molar-refractivity contribution in [2.24, 2.45) is 5.92 Å². The Morgan fingerprint density at radius 2 is 1.92 bits per heavy atom. The third kappa shape index (κ3) is 6.71. The monoisotopic (exact) mass is 379 g/mol. The first-order valence-corrected chi connectivity index (χ1v) is 9.85. The van der Waals surface area contributed by atoms with Crippen LogP contribution < -0.4 is 5.32 Å². The van der Waals surface area contributed by atoms with Crippen molar-refractivity contribution in [3.05, 3.63) is 70.5 Å². The molecule has 0 aliphatic carbocycles. The van der Waals surface area contributed by atoms with E-state index in [0.717, 1.165) is 12.0 Å². The molecule has 0 unspecified atom stereocenters. The molecule has 0 spiro atoms. The van der Waals surface area contributed by atoms with Crippen LogP contribution in [-0.2, 0) is 10.5 Å². The molecule has 5 heteroatoms. The number of hydrogen-bond acceptors (Lipinski definition) is 2. The van der Waals surface area contributed by atoms with Crippen LogP contribution in [0.1, 0.15) is 37.4 Å². The molecule has 2 aromatic carbocycles. The van der Waals surface area contributed by atoms with Gasteiger partial charge in [-0.05, 0) is 35.6 Å². The van der Waals surface area contributed by atoms with Gasteiger partial charge in [0.2, 0.25) is 5.91 Å². The van der Waals surface area contributed by atoms with E-state index in [1.165, 1.54) is 17.8 Å². The molecule has 0 radical (unpaired) electrons. The standard InChI is InChI=1S/C20H23ClFNOS/c1-14(2)10-19(15-6-4-3-5-7-15)23-20(24)13-25-12-16-8-9-17(21)11-18(16)22/h3-9,11,14,19H,10,12-13H2,1-2H3,(H,23,24)/t19-/m1/s1. The highest BCUT2D eigenvalue weighted by atomic mass is 35.5. The Bertz CT molecular complexity index is 693. The van der Waals surface area contributed by atoms with Gasteiger partial charge in [-0.15, -0.1) is 11.8 Å². The van der Waals surface area contributed by atoms with Crippen LogP contribution in [0.3, 0.4) is 0 Å². The summed E-state index contributed by atoms with van der Waals surface area (Å²) >= 11 is 7.14. The Balaban J connectivity index is 1.88. The van der Waals surface area contributed by atoms with E-state index in [4.69, 9.17) is 11.6 Å². The van der Waals surface area contributed by atoms with Crippen molar-refractivity contribution >= 4 is 29.3 Å². The van der Waals surface area contributed by atoms with Crippen LogP contribution in [0.5, 0.6) is 0 Å². The highest BCUT2D eigenvalue weighted by molar-refractivity contribution is 7.99. The van der Waals surface area contributed by atoms with E-state index < -0.39 is 0 Å². The molecule has 0 bridgehead atoms. The van der Waals surface area contributed by atoms with Crippen LogP contribution in [0.2, 0.25) is 5.02 Å². The van der Waals surface area contributed by atoms with E-state index in [-0.39, 0.29) is 17.8 Å². The zero-order valence-corrected chi connectivity index (χ0v) is 16.0. The summed E-state index contributed by atoms with van der Waals surface area (Å²) in [6.45, 7) is 4.28. The molecule has 0 saturated carbocycles. The fourth-order valence-electron chi connectivity index (χ4n) is 2.56. The molecule has 0 saturated heterocycles. The Morgan fingerprint density at radius 1 is 1.20 bits per heavy atom. The summed E-state index contributed by atoms with van der Waals surface area (Å²) in [5.74, 6) is 0.845. The molecule has 2 nitrogen and oxygen atoms in total. The second kappa shape index (κ2) is 9.83. The zero-order chi connectivity index (χ0) is 18.2. The molecule has 2 aromatic rings. The van der Waals surface area contributed by atoms with Gasteiger partial charge in [0.15, 0.2) is 0 Å². The molecule has 1 amide bonds. The van der Waals surface area contributed by atoms with Crippen LogP contribution in [0, 0.1) is 11.7 Å². The third-order valence-electron chi connectivity index (χ3n) is 3.75. The van der Waals surface area contributed by atoms with Crippen LogP contribution in [-0.4, -0.2) is 11.7 Å². The van der Waals surface area contributed by atoms with Gasteiger partial charge in [-0.2, -0.15) is 0 Å². The molecule has 0 fully saturated rings. The van der Waals surface area contributed by atoms with E-state index in [9.17, 15) is 9.18 Å². The first-order valence-electron chi connectivity index (χ1n) is 8.31. The number of hydrogen-bond donors (Lipinski definition) is 1. The summed E-state index contributed by atoms with van der Waals surface area (Å²) in [5, 5.41) is 3.48. The Labute approximate surface area is 158 Å². The fourth-order valence-corrected chi connectivity index (χ4v) is 3.55. The molecule has 0 aliphatic rings. The summed E-state index contributed by atoms with van der Waals surface area (Å²) < 4.78 is 13.8. The summed E-state index contributed by atoms with van der Waals surface area (Å²) in [5.41, 5.74) is 1.67. The van der Waals surface area contributed by atoms with Gasteiger partial charge in [0, 0.05) is 10.8 Å². The SMILES string of the molecule is CC(C)C[C@@H](NC(=O)CSCc1ccc(Cl)cc1F)c1ccccc1. The van der Waals surface area contributed by atoms with Crippen molar-refractivity contribution in [2.45, 2.75) is 32.1 Å². The number of carbonyl (C=O) groups is 1. The van der Waals surface area contributed by atoms with Crippen molar-refractivity contribution in [3.8, 4) is 0 Å². The van der Waals surface area contributed by atoms with Crippen molar-refractivity contribution in [3.63, 3.8) is 0 Å². The quantitative estimate of drug-likeness (QED) is 0.645.